The van der Waals surface area contributed by atoms with Gasteiger partial charge < -0.3 is 9.97 Å². The second-order valence-electron chi connectivity index (χ2n) is 6.64. The molecule has 0 fully saturated rings. The number of benzene rings is 2. The van der Waals surface area contributed by atoms with Gasteiger partial charge in [0.05, 0.1) is 22.1 Å². The number of hydrogen-bond acceptors (Lipinski definition) is 3. The normalized spacial score (nSPS) is 11.5. The molecule has 5 nitrogen and oxygen atoms in total. The highest BCUT2D eigenvalue weighted by Crippen LogP contribution is 2.26. The van der Waals surface area contributed by atoms with Gasteiger partial charge in [-0.1, -0.05) is 12.1 Å². The molecule has 0 radical (unpaired) electrons. The van der Waals surface area contributed by atoms with E-state index in [1.54, 1.807) is 0 Å². The number of aromatic nitrogens is 5. The number of imidazole rings is 2. The van der Waals surface area contributed by atoms with Gasteiger partial charge in [0.1, 0.15) is 11.5 Å². The van der Waals surface area contributed by atoms with Gasteiger partial charge in [-0.05, 0) is 61.4 Å². The minimum absolute atomic E-state index is 0.775. The molecule has 5 aromatic rings. The van der Waals surface area contributed by atoms with Crippen molar-refractivity contribution in [3.63, 3.8) is 0 Å². The Morgan fingerprint density at radius 3 is 2.19 bits per heavy atom. The second-order valence-corrected chi connectivity index (χ2v) is 6.64. The van der Waals surface area contributed by atoms with Crippen LogP contribution in [0.1, 0.15) is 11.1 Å². The molecule has 5 rings (SSSR count). The lowest BCUT2D eigenvalue weighted by Gasteiger charge is -1.96. The summed E-state index contributed by atoms with van der Waals surface area (Å²) in [6.45, 7) is 4.10. The molecule has 0 aliphatic heterocycles. The van der Waals surface area contributed by atoms with Gasteiger partial charge in [-0.3, -0.25) is 4.98 Å². The number of rotatable bonds is 2. The van der Waals surface area contributed by atoms with Gasteiger partial charge >= 0.3 is 0 Å². The van der Waals surface area contributed by atoms with Crippen LogP contribution in [0, 0.1) is 13.8 Å². The van der Waals surface area contributed by atoms with E-state index in [0.29, 0.717) is 0 Å². The van der Waals surface area contributed by atoms with Crippen molar-refractivity contribution in [3.8, 4) is 22.9 Å². The number of nitrogens with zero attached hydrogens (tertiary/aromatic N) is 3. The highest BCUT2D eigenvalue weighted by atomic mass is 15.0. The first-order valence-electron chi connectivity index (χ1n) is 8.55. The van der Waals surface area contributed by atoms with Crippen LogP contribution in [-0.2, 0) is 0 Å². The lowest BCUT2D eigenvalue weighted by atomic mass is 10.2. The Bertz CT molecular complexity index is 1240. The summed E-state index contributed by atoms with van der Waals surface area (Å²) in [7, 11) is 0. The van der Waals surface area contributed by atoms with Crippen molar-refractivity contribution in [1.29, 1.82) is 0 Å². The van der Waals surface area contributed by atoms with Crippen LogP contribution in [0.25, 0.3) is 45.0 Å². The van der Waals surface area contributed by atoms with Gasteiger partial charge in [0, 0.05) is 11.8 Å². The monoisotopic (exact) mass is 339 g/mol. The molecule has 0 saturated carbocycles. The Balaban J connectivity index is 1.59. The maximum atomic E-state index is 4.70. The third-order valence-corrected chi connectivity index (χ3v) is 4.55. The number of aromatic amines is 2. The number of H-pyrrole nitrogens is 2. The molecule has 0 saturated heterocycles. The summed E-state index contributed by atoms with van der Waals surface area (Å²) in [4.78, 5) is 20.6. The van der Waals surface area contributed by atoms with E-state index in [2.05, 4.69) is 45.1 Å². The molecule has 0 aliphatic rings. The topological polar surface area (TPSA) is 70.2 Å². The minimum Gasteiger partial charge on any atom is -0.338 e. The Labute approximate surface area is 150 Å². The van der Waals surface area contributed by atoms with Crippen molar-refractivity contribution >= 4 is 22.1 Å². The highest BCUT2D eigenvalue weighted by molar-refractivity contribution is 5.85. The fraction of sp³-hybridized carbons (Fsp3) is 0.0952. The molecule has 0 aliphatic carbocycles. The van der Waals surface area contributed by atoms with Crippen molar-refractivity contribution < 1.29 is 0 Å². The molecule has 5 heteroatoms. The SMILES string of the molecule is Cc1ccc(-c2nc3ccc(-c4nc5ccc(C)cc5[nH]4)cc3[nH]2)nc1. The van der Waals surface area contributed by atoms with E-state index in [1.165, 1.54) is 5.56 Å². The Morgan fingerprint density at radius 2 is 1.38 bits per heavy atom. The molecule has 0 bridgehead atoms. The van der Waals surface area contributed by atoms with Crippen LogP contribution in [0.3, 0.4) is 0 Å². The third kappa shape index (κ3) is 2.45. The predicted octanol–water partition coefficient (Wildman–Crippen LogP) is 4.79. The molecule has 26 heavy (non-hydrogen) atoms. The summed E-state index contributed by atoms with van der Waals surface area (Å²) in [5.74, 6) is 1.63. The summed E-state index contributed by atoms with van der Waals surface area (Å²) in [6, 6.07) is 16.4. The van der Waals surface area contributed by atoms with Crippen LogP contribution >= 0.6 is 0 Å². The Kier molecular flexibility index (Phi) is 3.15. The second kappa shape index (κ2) is 5.52. The van der Waals surface area contributed by atoms with E-state index in [-0.39, 0.29) is 0 Å². The van der Waals surface area contributed by atoms with E-state index in [9.17, 15) is 0 Å². The molecule has 3 heterocycles. The average Bonchev–Trinajstić information content (AvgIpc) is 3.25. The van der Waals surface area contributed by atoms with E-state index in [1.807, 2.05) is 43.5 Å². The quantitative estimate of drug-likeness (QED) is 0.486. The first-order chi connectivity index (χ1) is 12.7. The van der Waals surface area contributed by atoms with Crippen LogP contribution in [0.15, 0.2) is 54.7 Å². The number of fused-ring (bicyclic) bond motifs is 2. The zero-order valence-corrected chi connectivity index (χ0v) is 14.5. The third-order valence-electron chi connectivity index (χ3n) is 4.55. The Morgan fingerprint density at radius 1 is 0.692 bits per heavy atom. The summed E-state index contributed by atoms with van der Waals surface area (Å²) in [5.41, 5.74) is 8.12. The van der Waals surface area contributed by atoms with Crippen LogP contribution in [0.4, 0.5) is 0 Å². The smallest absolute Gasteiger partial charge is 0.157 e. The van der Waals surface area contributed by atoms with Gasteiger partial charge in [0.2, 0.25) is 0 Å². The summed E-state index contributed by atoms with van der Waals surface area (Å²) >= 11 is 0. The predicted molar refractivity (Wildman–Crippen MR) is 104 cm³/mol. The molecule has 0 atom stereocenters. The largest absolute Gasteiger partial charge is 0.338 e. The van der Waals surface area contributed by atoms with Gasteiger partial charge in [0.25, 0.3) is 0 Å². The minimum atomic E-state index is 0.775. The molecule has 3 aromatic heterocycles. The first kappa shape index (κ1) is 14.8. The molecule has 2 aromatic carbocycles. The lowest BCUT2D eigenvalue weighted by Crippen LogP contribution is -1.85. The molecule has 126 valence electrons. The fourth-order valence-electron chi connectivity index (χ4n) is 3.15. The van der Waals surface area contributed by atoms with Crippen LogP contribution in [0.2, 0.25) is 0 Å². The van der Waals surface area contributed by atoms with Gasteiger partial charge in [-0.15, -0.1) is 0 Å². The fourth-order valence-corrected chi connectivity index (χ4v) is 3.15. The molecule has 0 amide bonds. The van der Waals surface area contributed by atoms with Crippen molar-refractivity contribution in [3.05, 3.63) is 65.9 Å². The Hall–Kier alpha value is -3.47. The van der Waals surface area contributed by atoms with Crippen molar-refractivity contribution in [2.75, 3.05) is 0 Å². The maximum Gasteiger partial charge on any atom is 0.157 e. The van der Waals surface area contributed by atoms with E-state index in [0.717, 1.165) is 50.5 Å². The summed E-state index contributed by atoms with van der Waals surface area (Å²) < 4.78 is 0. The van der Waals surface area contributed by atoms with E-state index >= 15 is 0 Å². The number of nitrogens with one attached hydrogen (secondary N) is 2. The lowest BCUT2D eigenvalue weighted by molar-refractivity contribution is 1.21. The molecule has 0 spiro atoms. The molecular weight excluding hydrogens is 322 g/mol. The number of hydrogen-bond donors (Lipinski definition) is 2. The molecule has 2 N–H and O–H groups in total. The van der Waals surface area contributed by atoms with E-state index < -0.39 is 0 Å². The molecule has 0 unspecified atom stereocenters. The summed E-state index contributed by atoms with van der Waals surface area (Å²) in [6.07, 6.45) is 1.85. The zero-order chi connectivity index (χ0) is 17.7. The van der Waals surface area contributed by atoms with Crippen LogP contribution in [0.5, 0.6) is 0 Å². The number of pyridine rings is 1. The summed E-state index contributed by atoms with van der Waals surface area (Å²) in [5, 5.41) is 0. The van der Waals surface area contributed by atoms with Gasteiger partial charge in [0.15, 0.2) is 5.82 Å². The van der Waals surface area contributed by atoms with Gasteiger partial charge in [-0.25, -0.2) is 9.97 Å². The highest BCUT2D eigenvalue weighted by Gasteiger charge is 2.10. The standard InChI is InChI=1S/C21H17N5/c1-12-3-6-15-18(9-12)25-20(23-15)14-5-8-16-19(10-14)26-21(24-16)17-7-4-13(2)11-22-17/h3-11H,1-2H3,(H,23,25)(H,24,26). The van der Waals surface area contributed by atoms with E-state index in [4.69, 9.17) is 4.98 Å². The maximum absolute atomic E-state index is 4.70. The van der Waals surface area contributed by atoms with Crippen molar-refractivity contribution in [2.24, 2.45) is 0 Å². The zero-order valence-electron chi connectivity index (χ0n) is 14.5. The van der Waals surface area contributed by atoms with Crippen LogP contribution in [-0.4, -0.2) is 24.9 Å². The van der Waals surface area contributed by atoms with Crippen LogP contribution < -0.4 is 0 Å². The number of aryl methyl sites for hydroxylation is 2. The van der Waals surface area contributed by atoms with Gasteiger partial charge in [-0.2, -0.15) is 0 Å². The molecular formula is C21H17N5. The van der Waals surface area contributed by atoms with Crippen molar-refractivity contribution in [2.45, 2.75) is 13.8 Å². The van der Waals surface area contributed by atoms with Crippen molar-refractivity contribution in [1.82, 2.24) is 24.9 Å². The first-order valence-corrected chi connectivity index (χ1v) is 8.55. The average molecular weight is 339 g/mol.